The summed E-state index contributed by atoms with van der Waals surface area (Å²) in [5.74, 6) is -0.314. The average molecular weight is 550 g/mol. The van der Waals surface area contributed by atoms with E-state index in [0.29, 0.717) is 32.6 Å². The minimum absolute atomic E-state index is 0.114. The standard InChI is InChI=1S/C30H23Cl3N2O2/c1-19-17-28(24-9-5-6-10-27(24)34(19)29(36)20-11-14-22(31)15-12-20)35(23-7-3-2-4-8-23)30(37)21-13-16-25(32)26(33)18-21/h2-16,18-19,28H,17H2,1H3/t19-,28+/m1/s1. The second-order valence-corrected chi connectivity index (χ2v) is 10.2. The Morgan fingerprint density at radius 2 is 1.43 bits per heavy atom. The molecular weight excluding hydrogens is 527 g/mol. The van der Waals surface area contributed by atoms with E-state index >= 15 is 0 Å². The molecule has 7 heteroatoms. The maximum Gasteiger partial charge on any atom is 0.258 e. The number of nitrogens with zero attached hydrogens (tertiary/aromatic N) is 2. The Morgan fingerprint density at radius 3 is 2.14 bits per heavy atom. The molecule has 0 saturated heterocycles. The first-order valence-electron chi connectivity index (χ1n) is 11.9. The molecule has 0 fully saturated rings. The zero-order valence-corrected chi connectivity index (χ0v) is 22.2. The number of anilines is 2. The lowest BCUT2D eigenvalue weighted by Crippen LogP contribution is -2.47. The summed E-state index contributed by atoms with van der Waals surface area (Å²) in [6.45, 7) is 2.00. The van der Waals surface area contributed by atoms with E-state index in [0.717, 1.165) is 16.9 Å². The van der Waals surface area contributed by atoms with Gasteiger partial charge in [-0.05, 0) is 79.6 Å². The van der Waals surface area contributed by atoms with Crippen LogP contribution in [0.1, 0.15) is 45.7 Å². The van der Waals surface area contributed by atoms with Gasteiger partial charge in [-0.15, -0.1) is 0 Å². The van der Waals surface area contributed by atoms with Gasteiger partial charge in [0.15, 0.2) is 0 Å². The zero-order valence-electron chi connectivity index (χ0n) is 19.9. The van der Waals surface area contributed by atoms with Gasteiger partial charge in [-0.25, -0.2) is 0 Å². The summed E-state index contributed by atoms with van der Waals surface area (Å²) in [6, 6.07) is 28.6. The zero-order chi connectivity index (χ0) is 26.1. The molecule has 4 aromatic rings. The fourth-order valence-electron chi connectivity index (χ4n) is 4.86. The fraction of sp³-hybridized carbons (Fsp3) is 0.133. The van der Waals surface area contributed by atoms with Gasteiger partial charge in [0.1, 0.15) is 0 Å². The van der Waals surface area contributed by atoms with Crippen LogP contribution in [0.4, 0.5) is 11.4 Å². The lowest BCUT2D eigenvalue weighted by atomic mass is 9.89. The van der Waals surface area contributed by atoms with Crippen molar-refractivity contribution in [2.24, 2.45) is 0 Å². The van der Waals surface area contributed by atoms with Gasteiger partial charge in [-0.3, -0.25) is 9.59 Å². The number of hydrogen-bond acceptors (Lipinski definition) is 2. The van der Waals surface area contributed by atoms with Crippen LogP contribution in [-0.2, 0) is 0 Å². The number of benzene rings is 4. The van der Waals surface area contributed by atoms with Gasteiger partial charge < -0.3 is 9.80 Å². The number of rotatable bonds is 4. The Bertz CT molecular complexity index is 1460. The van der Waals surface area contributed by atoms with Crippen molar-refractivity contribution in [3.05, 3.63) is 129 Å². The molecule has 0 saturated carbocycles. The summed E-state index contributed by atoms with van der Waals surface area (Å²) in [7, 11) is 0. The van der Waals surface area contributed by atoms with Crippen molar-refractivity contribution in [2.45, 2.75) is 25.4 Å². The molecule has 1 heterocycles. The van der Waals surface area contributed by atoms with Crippen LogP contribution < -0.4 is 9.80 Å². The molecule has 0 spiro atoms. The number of carbonyl (C=O) groups is 2. The number of amides is 2. The summed E-state index contributed by atoms with van der Waals surface area (Å²) in [5, 5.41) is 1.28. The predicted octanol–water partition coefficient (Wildman–Crippen LogP) is 8.47. The van der Waals surface area contributed by atoms with Crippen LogP contribution in [0.15, 0.2) is 97.1 Å². The number of fused-ring (bicyclic) bond motifs is 1. The van der Waals surface area contributed by atoms with Crippen LogP contribution in [0, 0.1) is 0 Å². The predicted molar refractivity (Wildman–Crippen MR) is 151 cm³/mol. The lowest BCUT2D eigenvalue weighted by molar-refractivity contribution is 0.0965. The molecule has 2 atom stereocenters. The van der Waals surface area contributed by atoms with Crippen LogP contribution in [0.25, 0.3) is 0 Å². The first-order valence-corrected chi connectivity index (χ1v) is 13.0. The van der Waals surface area contributed by atoms with E-state index in [9.17, 15) is 9.59 Å². The largest absolute Gasteiger partial charge is 0.305 e. The van der Waals surface area contributed by atoms with Gasteiger partial charge in [-0.1, -0.05) is 71.2 Å². The Hall–Kier alpha value is -3.31. The minimum Gasteiger partial charge on any atom is -0.305 e. The Kier molecular flexibility index (Phi) is 7.25. The molecule has 0 N–H and O–H groups in total. The number of halogens is 3. The maximum atomic E-state index is 14.0. The lowest BCUT2D eigenvalue weighted by Gasteiger charge is -2.43. The van der Waals surface area contributed by atoms with E-state index in [1.807, 2.05) is 66.4 Å². The highest BCUT2D eigenvalue weighted by molar-refractivity contribution is 6.42. The Morgan fingerprint density at radius 1 is 0.784 bits per heavy atom. The number of para-hydroxylation sites is 2. The molecular formula is C30H23Cl3N2O2. The molecule has 1 aliphatic heterocycles. The second-order valence-electron chi connectivity index (χ2n) is 8.98. The molecule has 4 nitrogen and oxygen atoms in total. The summed E-state index contributed by atoms with van der Waals surface area (Å²) >= 11 is 18.4. The van der Waals surface area contributed by atoms with Crippen molar-refractivity contribution in [1.82, 2.24) is 0 Å². The van der Waals surface area contributed by atoms with E-state index < -0.39 is 0 Å². The molecule has 1 aliphatic rings. The second kappa shape index (κ2) is 10.6. The molecule has 2 amide bonds. The maximum absolute atomic E-state index is 14.0. The Labute approximate surface area is 231 Å². The molecule has 0 radical (unpaired) electrons. The summed E-state index contributed by atoms with van der Waals surface area (Å²) in [4.78, 5) is 31.3. The van der Waals surface area contributed by atoms with Crippen molar-refractivity contribution in [3.63, 3.8) is 0 Å². The minimum atomic E-state index is -0.315. The van der Waals surface area contributed by atoms with E-state index in [1.165, 1.54) is 0 Å². The smallest absolute Gasteiger partial charge is 0.258 e. The van der Waals surface area contributed by atoms with Crippen molar-refractivity contribution in [1.29, 1.82) is 0 Å². The highest BCUT2D eigenvalue weighted by Crippen LogP contribution is 2.43. The summed E-state index contributed by atoms with van der Waals surface area (Å²) in [5.41, 5.74) is 3.40. The fourth-order valence-corrected chi connectivity index (χ4v) is 5.29. The first-order chi connectivity index (χ1) is 17.8. The summed E-state index contributed by atoms with van der Waals surface area (Å²) in [6.07, 6.45) is 0.540. The van der Waals surface area contributed by atoms with Crippen LogP contribution in [0.5, 0.6) is 0 Å². The molecule has 0 aromatic heterocycles. The van der Waals surface area contributed by atoms with E-state index in [-0.39, 0.29) is 23.9 Å². The van der Waals surface area contributed by atoms with Crippen molar-refractivity contribution < 1.29 is 9.59 Å². The van der Waals surface area contributed by atoms with Gasteiger partial charge >= 0.3 is 0 Å². The third kappa shape index (κ3) is 4.97. The quantitative estimate of drug-likeness (QED) is 0.256. The summed E-state index contributed by atoms with van der Waals surface area (Å²) < 4.78 is 0. The molecule has 5 rings (SSSR count). The molecule has 0 bridgehead atoms. The molecule has 37 heavy (non-hydrogen) atoms. The normalized spacial score (nSPS) is 16.7. The number of carbonyl (C=O) groups excluding carboxylic acids is 2. The third-order valence-electron chi connectivity index (χ3n) is 6.60. The van der Waals surface area contributed by atoms with E-state index in [4.69, 9.17) is 34.8 Å². The molecule has 0 unspecified atom stereocenters. The molecule has 186 valence electrons. The van der Waals surface area contributed by atoms with Crippen LogP contribution in [0.3, 0.4) is 0 Å². The van der Waals surface area contributed by atoms with Crippen molar-refractivity contribution >= 4 is 58.0 Å². The van der Waals surface area contributed by atoms with Gasteiger partial charge in [0.05, 0.1) is 16.1 Å². The Balaban J connectivity index is 1.60. The van der Waals surface area contributed by atoms with Crippen molar-refractivity contribution in [2.75, 3.05) is 9.80 Å². The molecule has 0 aliphatic carbocycles. The van der Waals surface area contributed by atoms with Crippen LogP contribution >= 0.6 is 34.8 Å². The molecule has 4 aromatic carbocycles. The van der Waals surface area contributed by atoms with Gasteiger partial charge in [0, 0.05) is 33.6 Å². The van der Waals surface area contributed by atoms with E-state index in [2.05, 4.69) is 0 Å². The highest BCUT2D eigenvalue weighted by Gasteiger charge is 2.39. The van der Waals surface area contributed by atoms with Gasteiger partial charge in [0.2, 0.25) is 0 Å². The topological polar surface area (TPSA) is 40.6 Å². The van der Waals surface area contributed by atoms with Gasteiger partial charge in [0.25, 0.3) is 11.8 Å². The monoisotopic (exact) mass is 548 g/mol. The third-order valence-corrected chi connectivity index (χ3v) is 7.59. The first kappa shape index (κ1) is 25.3. The number of hydrogen-bond donors (Lipinski definition) is 0. The van der Waals surface area contributed by atoms with E-state index in [1.54, 1.807) is 47.4 Å². The average Bonchev–Trinajstić information content (AvgIpc) is 2.91. The van der Waals surface area contributed by atoms with Crippen LogP contribution in [-0.4, -0.2) is 17.9 Å². The van der Waals surface area contributed by atoms with Gasteiger partial charge in [-0.2, -0.15) is 0 Å². The van der Waals surface area contributed by atoms with Crippen LogP contribution in [0.2, 0.25) is 15.1 Å². The SMILES string of the molecule is C[C@@H]1C[C@H](N(C(=O)c2ccc(Cl)c(Cl)c2)c2ccccc2)c2ccccc2N1C(=O)c1ccc(Cl)cc1. The van der Waals surface area contributed by atoms with Crippen molar-refractivity contribution in [3.8, 4) is 0 Å². The highest BCUT2D eigenvalue weighted by atomic mass is 35.5.